The van der Waals surface area contributed by atoms with E-state index in [2.05, 4.69) is 10.0 Å². The zero-order chi connectivity index (χ0) is 18.1. The van der Waals surface area contributed by atoms with Gasteiger partial charge in [0.2, 0.25) is 10.0 Å². The van der Waals surface area contributed by atoms with Crippen LogP contribution in [0.25, 0.3) is 0 Å². The van der Waals surface area contributed by atoms with E-state index in [0.717, 1.165) is 37.4 Å². The Morgan fingerprint density at radius 3 is 1.88 bits per heavy atom. The lowest BCUT2D eigenvalue weighted by molar-refractivity contribution is -0.137. The summed E-state index contributed by atoms with van der Waals surface area (Å²) in [4.78, 5) is -0.111. The van der Waals surface area contributed by atoms with Gasteiger partial charge in [-0.2, -0.15) is 17.5 Å². The summed E-state index contributed by atoms with van der Waals surface area (Å²) in [6, 6.07) is 3.65. The summed E-state index contributed by atoms with van der Waals surface area (Å²) in [5.74, 6) is 0. The summed E-state index contributed by atoms with van der Waals surface area (Å²) in [6.07, 6.45) is -4.48. The molecule has 2 heterocycles. The lowest BCUT2D eigenvalue weighted by Gasteiger charge is -2.42. The van der Waals surface area contributed by atoms with Crippen LogP contribution >= 0.6 is 0 Å². The largest absolute Gasteiger partial charge is 0.416 e. The van der Waals surface area contributed by atoms with Gasteiger partial charge in [0, 0.05) is 39.3 Å². The normalized spacial score (nSPS) is 22.2. The minimum absolute atomic E-state index is 0.111. The fourth-order valence-corrected chi connectivity index (χ4v) is 4.42. The van der Waals surface area contributed by atoms with Gasteiger partial charge in [0.1, 0.15) is 0 Å². The maximum atomic E-state index is 12.6. The molecule has 0 bridgehead atoms. The molecule has 3 rings (SSSR count). The molecule has 0 aromatic heterocycles. The second kappa shape index (κ2) is 7.20. The fraction of sp³-hybridized carbons (Fsp3) is 0.600. The van der Waals surface area contributed by atoms with E-state index < -0.39 is 21.8 Å². The van der Waals surface area contributed by atoms with Crippen LogP contribution in [0.1, 0.15) is 5.56 Å². The number of halogens is 3. The highest BCUT2D eigenvalue weighted by Crippen LogP contribution is 2.30. The summed E-state index contributed by atoms with van der Waals surface area (Å²) in [7, 11) is -3.78. The third kappa shape index (κ3) is 4.14. The van der Waals surface area contributed by atoms with Crippen LogP contribution in [0.2, 0.25) is 0 Å². The molecule has 0 radical (unpaired) electrons. The van der Waals surface area contributed by atoms with Crippen molar-refractivity contribution in [3.8, 4) is 0 Å². The first-order valence-electron chi connectivity index (χ1n) is 8.03. The average Bonchev–Trinajstić information content (AvgIpc) is 2.62. The fourth-order valence-electron chi connectivity index (χ4n) is 3.00. The smallest absolute Gasteiger partial charge is 0.379 e. The van der Waals surface area contributed by atoms with Gasteiger partial charge in [-0.05, 0) is 24.3 Å². The Morgan fingerprint density at radius 2 is 1.36 bits per heavy atom. The van der Waals surface area contributed by atoms with Crippen LogP contribution in [-0.2, 0) is 20.9 Å². The van der Waals surface area contributed by atoms with Gasteiger partial charge >= 0.3 is 6.18 Å². The van der Waals surface area contributed by atoms with Crippen molar-refractivity contribution in [2.45, 2.75) is 11.1 Å². The Kier molecular flexibility index (Phi) is 5.35. The highest BCUT2D eigenvalue weighted by molar-refractivity contribution is 7.89. The van der Waals surface area contributed by atoms with Gasteiger partial charge in [0.05, 0.1) is 23.7 Å². The topological polar surface area (TPSA) is 53.1 Å². The van der Waals surface area contributed by atoms with E-state index in [0.29, 0.717) is 39.4 Å². The number of rotatable bonds is 3. The van der Waals surface area contributed by atoms with Crippen LogP contribution in [0.3, 0.4) is 0 Å². The van der Waals surface area contributed by atoms with E-state index in [1.54, 1.807) is 0 Å². The van der Waals surface area contributed by atoms with Crippen LogP contribution in [0.4, 0.5) is 13.2 Å². The third-order valence-corrected chi connectivity index (χ3v) is 6.33. The number of alkyl halides is 3. The molecule has 0 amide bonds. The van der Waals surface area contributed by atoms with E-state index in [4.69, 9.17) is 4.74 Å². The number of hydrogen-bond acceptors (Lipinski definition) is 5. The lowest BCUT2D eigenvalue weighted by Crippen LogP contribution is -2.57. The van der Waals surface area contributed by atoms with Gasteiger partial charge in [0.15, 0.2) is 0 Å². The number of morpholine rings is 1. The Hall–Kier alpha value is -1.20. The highest BCUT2D eigenvalue weighted by atomic mass is 32.2. The van der Waals surface area contributed by atoms with Gasteiger partial charge in [-0.15, -0.1) is 0 Å². The first-order valence-corrected chi connectivity index (χ1v) is 9.47. The first kappa shape index (κ1) is 18.6. The predicted molar refractivity (Wildman–Crippen MR) is 84.2 cm³/mol. The summed E-state index contributed by atoms with van der Waals surface area (Å²) in [6.45, 7) is 4.60. The van der Waals surface area contributed by atoms with E-state index in [1.807, 2.05) is 0 Å². The van der Waals surface area contributed by atoms with E-state index in [-0.39, 0.29) is 4.90 Å². The molecule has 2 fully saturated rings. The molecule has 0 unspecified atom stereocenters. The molecule has 1 aromatic carbocycles. The van der Waals surface area contributed by atoms with Gasteiger partial charge in [-0.3, -0.25) is 0 Å². The Labute approximate surface area is 144 Å². The minimum atomic E-state index is -4.48. The maximum Gasteiger partial charge on any atom is 0.416 e. The van der Waals surface area contributed by atoms with Gasteiger partial charge in [-0.25, -0.2) is 18.4 Å². The SMILES string of the molecule is O=S(=O)(c1ccc(C(F)(F)F)cc1)N1CCN(N2CCOCC2)CC1. The summed E-state index contributed by atoms with van der Waals surface area (Å²) in [5, 5.41) is 4.27. The molecule has 6 nitrogen and oxygen atoms in total. The molecule has 1 aromatic rings. The number of hydrazine groups is 1. The molecule has 140 valence electrons. The highest BCUT2D eigenvalue weighted by Gasteiger charge is 2.33. The molecule has 0 spiro atoms. The van der Waals surface area contributed by atoms with Crippen LogP contribution in [0.15, 0.2) is 29.2 Å². The quantitative estimate of drug-likeness (QED) is 0.792. The van der Waals surface area contributed by atoms with Crippen LogP contribution < -0.4 is 0 Å². The minimum Gasteiger partial charge on any atom is -0.379 e. The number of nitrogens with zero attached hydrogens (tertiary/aromatic N) is 3. The molecule has 25 heavy (non-hydrogen) atoms. The second-order valence-electron chi connectivity index (χ2n) is 5.95. The monoisotopic (exact) mass is 379 g/mol. The number of ether oxygens (including phenoxy) is 1. The average molecular weight is 379 g/mol. The van der Waals surface area contributed by atoms with Crippen LogP contribution in [0.5, 0.6) is 0 Å². The lowest BCUT2D eigenvalue weighted by atomic mass is 10.2. The van der Waals surface area contributed by atoms with Crippen molar-refractivity contribution in [3.05, 3.63) is 29.8 Å². The zero-order valence-electron chi connectivity index (χ0n) is 13.6. The number of sulfonamides is 1. The molecular formula is C15H20F3N3O3S. The third-order valence-electron chi connectivity index (χ3n) is 4.42. The van der Waals surface area contributed by atoms with Crippen LogP contribution in [0, 0.1) is 0 Å². The van der Waals surface area contributed by atoms with Crippen molar-refractivity contribution in [1.29, 1.82) is 0 Å². The number of hydrogen-bond donors (Lipinski definition) is 0. The number of piperazine rings is 1. The summed E-state index contributed by atoms with van der Waals surface area (Å²) < 4.78 is 69.7. The second-order valence-corrected chi connectivity index (χ2v) is 7.88. The Balaban J connectivity index is 1.65. The van der Waals surface area contributed by atoms with Crippen LogP contribution in [-0.4, -0.2) is 75.2 Å². The van der Waals surface area contributed by atoms with Crippen molar-refractivity contribution in [2.24, 2.45) is 0 Å². The van der Waals surface area contributed by atoms with Crippen molar-refractivity contribution in [1.82, 2.24) is 14.3 Å². The molecule has 10 heteroatoms. The predicted octanol–water partition coefficient (Wildman–Crippen LogP) is 1.26. The molecular weight excluding hydrogens is 359 g/mol. The summed E-state index contributed by atoms with van der Waals surface area (Å²) in [5.41, 5.74) is -0.858. The molecule has 0 saturated carbocycles. The van der Waals surface area contributed by atoms with E-state index in [9.17, 15) is 21.6 Å². The van der Waals surface area contributed by atoms with Gasteiger partial charge in [-0.1, -0.05) is 0 Å². The molecule has 0 atom stereocenters. The van der Waals surface area contributed by atoms with Crippen molar-refractivity contribution in [3.63, 3.8) is 0 Å². The molecule has 2 aliphatic rings. The molecule has 0 aliphatic carbocycles. The van der Waals surface area contributed by atoms with E-state index in [1.165, 1.54) is 4.31 Å². The van der Waals surface area contributed by atoms with Crippen molar-refractivity contribution >= 4 is 10.0 Å². The van der Waals surface area contributed by atoms with Crippen molar-refractivity contribution in [2.75, 3.05) is 52.5 Å². The number of benzene rings is 1. The Bertz CT molecular complexity index is 680. The van der Waals surface area contributed by atoms with Crippen molar-refractivity contribution < 1.29 is 26.3 Å². The molecule has 2 aliphatic heterocycles. The first-order chi connectivity index (χ1) is 11.8. The zero-order valence-corrected chi connectivity index (χ0v) is 14.4. The standard InChI is InChI=1S/C15H20F3N3O3S/c16-15(17,18)13-1-3-14(4-2-13)25(22,23)21-7-5-19(6-8-21)20-9-11-24-12-10-20/h1-4H,5-12H2. The van der Waals surface area contributed by atoms with E-state index >= 15 is 0 Å². The molecule has 0 N–H and O–H groups in total. The van der Waals surface area contributed by atoms with Gasteiger partial charge in [0.25, 0.3) is 0 Å². The summed E-state index contributed by atoms with van der Waals surface area (Å²) >= 11 is 0. The van der Waals surface area contributed by atoms with Gasteiger partial charge < -0.3 is 4.74 Å². The maximum absolute atomic E-state index is 12.6. The Morgan fingerprint density at radius 1 is 0.840 bits per heavy atom. The molecule has 2 saturated heterocycles.